The molecule has 0 spiro atoms. The molecule has 0 aliphatic rings. The lowest BCUT2D eigenvalue weighted by atomic mass is 10.7. The second kappa shape index (κ2) is 3.66. The van der Waals surface area contributed by atoms with E-state index in [9.17, 15) is 4.79 Å². The predicted molar refractivity (Wildman–Crippen MR) is 42.6 cm³/mol. The standard InChI is InChI=1S/C7H9N3O2/c1-6(11)12-9-5-7-8-3-4-10(7)2/h3-5H,1-2H3/b9-5+. The normalized spacial score (nSPS) is 10.5. The van der Waals surface area contributed by atoms with Gasteiger partial charge in [-0.1, -0.05) is 5.16 Å². The molecule has 1 aromatic rings. The van der Waals surface area contributed by atoms with E-state index in [1.165, 1.54) is 13.1 Å². The van der Waals surface area contributed by atoms with Crippen LogP contribution in [0.1, 0.15) is 12.7 Å². The fourth-order valence-corrected chi connectivity index (χ4v) is 0.649. The summed E-state index contributed by atoms with van der Waals surface area (Å²) in [5, 5.41) is 3.42. The number of aryl methyl sites for hydroxylation is 1. The maximum Gasteiger partial charge on any atom is 0.331 e. The molecule has 1 aromatic heterocycles. The number of nitrogens with zero attached hydrogens (tertiary/aromatic N) is 3. The van der Waals surface area contributed by atoms with Gasteiger partial charge in [-0.2, -0.15) is 0 Å². The number of carbonyl (C=O) groups excluding carboxylic acids is 1. The summed E-state index contributed by atoms with van der Waals surface area (Å²) < 4.78 is 1.76. The van der Waals surface area contributed by atoms with Gasteiger partial charge in [-0.25, -0.2) is 9.78 Å². The van der Waals surface area contributed by atoms with Crippen molar-refractivity contribution >= 4 is 12.2 Å². The molecule has 0 bridgehead atoms. The van der Waals surface area contributed by atoms with Gasteiger partial charge in [0.25, 0.3) is 0 Å². The first-order valence-electron chi connectivity index (χ1n) is 3.38. The minimum Gasteiger partial charge on any atom is -0.333 e. The van der Waals surface area contributed by atoms with E-state index >= 15 is 0 Å². The summed E-state index contributed by atoms with van der Waals surface area (Å²) in [7, 11) is 1.82. The molecule has 0 saturated carbocycles. The molecular weight excluding hydrogens is 158 g/mol. The van der Waals surface area contributed by atoms with Crippen molar-refractivity contribution in [2.45, 2.75) is 6.92 Å². The Morgan fingerprint density at radius 3 is 3.08 bits per heavy atom. The highest BCUT2D eigenvalue weighted by Crippen LogP contribution is 1.89. The number of oxime groups is 1. The van der Waals surface area contributed by atoms with E-state index in [2.05, 4.69) is 15.0 Å². The topological polar surface area (TPSA) is 56.5 Å². The van der Waals surface area contributed by atoms with E-state index in [1.807, 2.05) is 7.05 Å². The Bertz CT molecular complexity index is 303. The molecule has 64 valence electrons. The van der Waals surface area contributed by atoms with Gasteiger partial charge in [-0.3, -0.25) is 0 Å². The molecule has 0 amide bonds. The van der Waals surface area contributed by atoms with Crippen LogP contribution in [0.5, 0.6) is 0 Å². The Balaban J connectivity index is 2.57. The zero-order chi connectivity index (χ0) is 8.97. The lowest BCUT2D eigenvalue weighted by Gasteiger charge is -1.91. The maximum atomic E-state index is 10.3. The van der Waals surface area contributed by atoms with Crippen LogP contribution in [-0.2, 0) is 16.7 Å². The second-order valence-corrected chi connectivity index (χ2v) is 2.21. The van der Waals surface area contributed by atoms with Crippen LogP contribution in [0.25, 0.3) is 0 Å². The number of rotatable bonds is 2. The van der Waals surface area contributed by atoms with Crippen LogP contribution in [0.2, 0.25) is 0 Å². The smallest absolute Gasteiger partial charge is 0.331 e. The first kappa shape index (κ1) is 8.45. The Morgan fingerprint density at radius 2 is 2.58 bits per heavy atom. The number of carbonyl (C=O) groups is 1. The fraction of sp³-hybridized carbons (Fsp3) is 0.286. The maximum absolute atomic E-state index is 10.3. The van der Waals surface area contributed by atoms with Gasteiger partial charge in [0.2, 0.25) is 0 Å². The van der Waals surface area contributed by atoms with Crippen LogP contribution in [0.3, 0.4) is 0 Å². The van der Waals surface area contributed by atoms with Crippen molar-refractivity contribution in [3.05, 3.63) is 18.2 Å². The van der Waals surface area contributed by atoms with Gasteiger partial charge in [0.15, 0.2) is 5.82 Å². The number of hydrogen-bond acceptors (Lipinski definition) is 4. The quantitative estimate of drug-likeness (QED) is 0.362. The van der Waals surface area contributed by atoms with Crippen molar-refractivity contribution in [1.29, 1.82) is 0 Å². The molecule has 0 radical (unpaired) electrons. The fourth-order valence-electron chi connectivity index (χ4n) is 0.649. The molecule has 5 nitrogen and oxygen atoms in total. The average molecular weight is 167 g/mol. The van der Waals surface area contributed by atoms with Gasteiger partial charge >= 0.3 is 5.97 Å². The molecule has 0 fully saturated rings. The minimum atomic E-state index is -0.444. The predicted octanol–water partition coefficient (Wildman–Crippen LogP) is 0.317. The summed E-state index contributed by atoms with van der Waals surface area (Å²) in [5.74, 6) is 0.191. The second-order valence-electron chi connectivity index (χ2n) is 2.21. The SMILES string of the molecule is CC(=O)O/N=C/c1nccn1C. The van der Waals surface area contributed by atoms with Crippen molar-refractivity contribution in [2.75, 3.05) is 0 Å². The molecule has 0 saturated heterocycles. The molecule has 1 rings (SSSR count). The first-order chi connectivity index (χ1) is 5.70. The summed E-state index contributed by atoms with van der Waals surface area (Å²) in [6.07, 6.45) is 4.78. The van der Waals surface area contributed by atoms with Gasteiger partial charge in [-0.05, 0) is 0 Å². The largest absolute Gasteiger partial charge is 0.333 e. The number of aromatic nitrogens is 2. The van der Waals surface area contributed by atoms with E-state index < -0.39 is 5.97 Å². The van der Waals surface area contributed by atoms with Crippen LogP contribution >= 0.6 is 0 Å². The van der Waals surface area contributed by atoms with Gasteiger partial charge < -0.3 is 9.40 Å². The Morgan fingerprint density at radius 1 is 1.83 bits per heavy atom. The third-order valence-corrected chi connectivity index (χ3v) is 1.21. The van der Waals surface area contributed by atoms with Crippen molar-refractivity contribution in [2.24, 2.45) is 12.2 Å². The Hall–Kier alpha value is -1.65. The highest BCUT2D eigenvalue weighted by atomic mass is 16.7. The number of imidazole rings is 1. The summed E-state index contributed by atoms with van der Waals surface area (Å²) in [5.41, 5.74) is 0. The summed E-state index contributed by atoms with van der Waals surface area (Å²) in [6.45, 7) is 1.29. The van der Waals surface area contributed by atoms with Crippen LogP contribution in [0.15, 0.2) is 17.5 Å². The molecule has 12 heavy (non-hydrogen) atoms. The Labute approximate surface area is 69.7 Å². The lowest BCUT2D eigenvalue weighted by Crippen LogP contribution is -1.97. The zero-order valence-electron chi connectivity index (χ0n) is 6.89. The summed E-state index contributed by atoms with van der Waals surface area (Å²) in [6, 6.07) is 0. The van der Waals surface area contributed by atoms with Crippen molar-refractivity contribution in [1.82, 2.24) is 9.55 Å². The Kier molecular flexibility index (Phi) is 2.57. The van der Waals surface area contributed by atoms with Crippen molar-refractivity contribution in [3.63, 3.8) is 0 Å². The molecule has 0 unspecified atom stereocenters. The average Bonchev–Trinajstić information content (AvgIpc) is 2.36. The third-order valence-electron chi connectivity index (χ3n) is 1.21. The highest BCUT2D eigenvalue weighted by molar-refractivity contribution is 5.75. The van der Waals surface area contributed by atoms with E-state index in [1.54, 1.807) is 17.0 Å². The van der Waals surface area contributed by atoms with Crippen molar-refractivity contribution in [3.8, 4) is 0 Å². The van der Waals surface area contributed by atoms with E-state index in [-0.39, 0.29) is 0 Å². The molecule has 0 aliphatic carbocycles. The van der Waals surface area contributed by atoms with Gasteiger partial charge in [0.1, 0.15) is 6.21 Å². The van der Waals surface area contributed by atoms with E-state index in [4.69, 9.17) is 0 Å². The lowest BCUT2D eigenvalue weighted by molar-refractivity contribution is -0.140. The van der Waals surface area contributed by atoms with Crippen LogP contribution in [0, 0.1) is 0 Å². The molecule has 5 heteroatoms. The zero-order valence-corrected chi connectivity index (χ0v) is 6.89. The molecule has 0 aromatic carbocycles. The van der Waals surface area contributed by atoms with Crippen molar-refractivity contribution < 1.29 is 9.63 Å². The first-order valence-corrected chi connectivity index (χ1v) is 3.38. The molecule has 0 aliphatic heterocycles. The van der Waals surface area contributed by atoms with E-state index in [0.717, 1.165) is 0 Å². The number of hydrogen-bond donors (Lipinski definition) is 0. The molecule has 1 heterocycles. The van der Waals surface area contributed by atoms with Gasteiger partial charge in [0.05, 0.1) is 0 Å². The third kappa shape index (κ3) is 2.19. The summed E-state index contributed by atoms with van der Waals surface area (Å²) >= 11 is 0. The van der Waals surface area contributed by atoms with Gasteiger partial charge in [0, 0.05) is 26.4 Å². The monoisotopic (exact) mass is 167 g/mol. The highest BCUT2D eigenvalue weighted by Gasteiger charge is 1.93. The van der Waals surface area contributed by atoms with Gasteiger partial charge in [-0.15, -0.1) is 0 Å². The van der Waals surface area contributed by atoms with Crippen LogP contribution in [0.4, 0.5) is 0 Å². The summed E-state index contributed by atoms with van der Waals surface area (Å²) in [4.78, 5) is 18.6. The van der Waals surface area contributed by atoms with Crippen LogP contribution < -0.4 is 0 Å². The molecule has 0 N–H and O–H groups in total. The minimum absolute atomic E-state index is 0.444. The van der Waals surface area contributed by atoms with E-state index in [0.29, 0.717) is 5.82 Å². The van der Waals surface area contributed by atoms with Crippen LogP contribution in [-0.4, -0.2) is 21.7 Å². The molecular formula is C7H9N3O2. The molecule has 0 atom stereocenters.